The first-order valence-corrected chi connectivity index (χ1v) is 5.51. The summed E-state index contributed by atoms with van der Waals surface area (Å²) in [6.45, 7) is 5.04. The zero-order valence-electron chi connectivity index (χ0n) is 10.1. The van der Waals surface area contributed by atoms with Crippen LogP contribution >= 0.6 is 0 Å². The molecule has 0 saturated heterocycles. The minimum atomic E-state index is -0.863. The molecule has 0 radical (unpaired) electrons. The first-order valence-electron chi connectivity index (χ1n) is 5.51. The predicted molar refractivity (Wildman–Crippen MR) is 64.3 cm³/mol. The van der Waals surface area contributed by atoms with Crippen molar-refractivity contribution in [1.29, 1.82) is 0 Å². The molecular formula is C13H15NO3. The Kier molecular flexibility index (Phi) is 2.65. The Balaban J connectivity index is 2.44. The number of rotatable bonds is 2. The molecule has 0 saturated carbocycles. The van der Waals surface area contributed by atoms with Gasteiger partial charge in [0.2, 0.25) is 5.90 Å². The quantitative estimate of drug-likeness (QED) is 0.848. The van der Waals surface area contributed by atoms with Crippen LogP contribution in [0.4, 0.5) is 0 Å². The van der Waals surface area contributed by atoms with Gasteiger partial charge in [0.1, 0.15) is 11.9 Å². The summed E-state index contributed by atoms with van der Waals surface area (Å²) >= 11 is 0. The Morgan fingerprint density at radius 1 is 1.47 bits per heavy atom. The molecule has 2 rings (SSSR count). The molecule has 0 aliphatic carbocycles. The molecule has 1 aliphatic rings. The molecular weight excluding hydrogens is 218 g/mol. The second kappa shape index (κ2) is 3.87. The molecule has 1 aromatic carbocycles. The van der Waals surface area contributed by atoms with E-state index < -0.39 is 5.54 Å². The molecule has 0 aromatic heterocycles. The molecule has 0 bridgehead atoms. The van der Waals surface area contributed by atoms with Crippen molar-refractivity contribution in [2.24, 2.45) is 4.99 Å². The van der Waals surface area contributed by atoms with E-state index in [1.54, 1.807) is 38.1 Å². The number of aromatic hydroxyl groups is 1. The molecule has 2 unspecified atom stereocenters. The highest BCUT2D eigenvalue weighted by molar-refractivity contribution is 6.02. The van der Waals surface area contributed by atoms with Crippen LogP contribution in [0.5, 0.6) is 5.75 Å². The normalized spacial score (nSPS) is 27.5. The number of hydrogen-bond donors (Lipinski definition) is 1. The highest BCUT2D eigenvalue weighted by atomic mass is 16.5. The van der Waals surface area contributed by atoms with Crippen LogP contribution in [0.1, 0.15) is 26.3 Å². The summed E-state index contributed by atoms with van der Waals surface area (Å²) in [5.74, 6) is 0.384. The van der Waals surface area contributed by atoms with E-state index in [1.807, 2.05) is 0 Å². The van der Waals surface area contributed by atoms with Crippen LogP contribution in [0, 0.1) is 0 Å². The molecule has 17 heavy (non-hydrogen) atoms. The lowest BCUT2D eigenvalue weighted by atomic mass is 9.93. The number of carbonyl (C=O) groups excluding carboxylic acids is 1. The molecule has 90 valence electrons. The zero-order valence-corrected chi connectivity index (χ0v) is 10.1. The summed E-state index contributed by atoms with van der Waals surface area (Å²) in [6.07, 6.45) is -0.324. The Hall–Kier alpha value is -1.84. The molecule has 1 aromatic rings. The predicted octanol–water partition coefficient (Wildman–Crippen LogP) is 1.91. The third-order valence-corrected chi connectivity index (χ3v) is 3.26. The number of phenols is 1. The van der Waals surface area contributed by atoms with Crippen molar-refractivity contribution in [1.82, 2.24) is 0 Å². The number of Topliss-reactive ketones (excluding diaryl/α,β-unsaturated/α-hetero) is 1. The van der Waals surface area contributed by atoms with Gasteiger partial charge in [-0.2, -0.15) is 0 Å². The fraction of sp³-hybridized carbons (Fsp3) is 0.385. The molecule has 0 amide bonds. The van der Waals surface area contributed by atoms with Crippen LogP contribution < -0.4 is 0 Å². The van der Waals surface area contributed by atoms with Gasteiger partial charge < -0.3 is 9.84 Å². The van der Waals surface area contributed by atoms with E-state index in [0.717, 1.165) is 0 Å². The average Bonchev–Trinajstić information content (AvgIpc) is 2.57. The summed E-state index contributed by atoms with van der Waals surface area (Å²) in [6, 6.07) is 6.79. The smallest absolute Gasteiger partial charge is 0.221 e. The molecule has 0 spiro atoms. The first-order chi connectivity index (χ1) is 7.95. The maximum Gasteiger partial charge on any atom is 0.221 e. The van der Waals surface area contributed by atoms with Gasteiger partial charge in [-0.1, -0.05) is 12.1 Å². The van der Waals surface area contributed by atoms with Crippen LogP contribution in [0.15, 0.2) is 29.3 Å². The monoisotopic (exact) mass is 233 g/mol. The van der Waals surface area contributed by atoms with Crippen molar-refractivity contribution in [3.8, 4) is 5.75 Å². The Bertz CT molecular complexity index is 495. The molecule has 0 fully saturated rings. The van der Waals surface area contributed by atoms with Crippen molar-refractivity contribution in [3.05, 3.63) is 29.8 Å². The van der Waals surface area contributed by atoms with Crippen molar-refractivity contribution in [3.63, 3.8) is 0 Å². The average molecular weight is 233 g/mol. The van der Waals surface area contributed by atoms with E-state index in [2.05, 4.69) is 4.99 Å². The molecule has 4 heteroatoms. The van der Waals surface area contributed by atoms with E-state index >= 15 is 0 Å². The maximum atomic E-state index is 11.6. The molecule has 1 heterocycles. The van der Waals surface area contributed by atoms with E-state index in [1.165, 1.54) is 6.92 Å². The number of ether oxygens (including phenoxy) is 1. The largest absolute Gasteiger partial charge is 0.507 e. The Labute approximate surface area is 99.9 Å². The minimum absolute atomic E-state index is 0.0459. The van der Waals surface area contributed by atoms with Crippen molar-refractivity contribution in [2.75, 3.05) is 0 Å². The third kappa shape index (κ3) is 1.79. The van der Waals surface area contributed by atoms with Crippen molar-refractivity contribution in [2.45, 2.75) is 32.4 Å². The van der Waals surface area contributed by atoms with Crippen LogP contribution in [0.25, 0.3) is 0 Å². The van der Waals surface area contributed by atoms with Gasteiger partial charge >= 0.3 is 0 Å². The standard InChI is InChI=1S/C13H15NO3/c1-8(15)13(3)9(2)17-12(14-13)10-6-4-5-7-11(10)16/h4-7,9,16H,1-3H3. The SMILES string of the molecule is CC(=O)C1(C)N=C(c2ccccc2O)OC1C. The van der Waals surface area contributed by atoms with Crippen LogP contribution in [-0.2, 0) is 9.53 Å². The fourth-order valence-corrected chi connectivity index (χ4v) is 1.75. The highest BCUT2D eigenvalue weighted by Gasteiger charge is 2.43. The topological polar surface area (TPSA) is 58.9 Å². The van der Waals surface area contributed by atoms with Crippen LogP contribution in [0.2, 0.25) is 0 Å². The highest BCUT2D eigenvalue weighted by Crippen LogP contribution is 2.31. The minimum Gasteiger partial charge on any atom is -0.507 e. The van der Waals surface area contributed by atoms with Gasteiger partial charge in [-0.15, -0.1) is 0 Å². The fourth-order valence-electron chi connectivity index (χ4n) is 1.75. The number of benzene rings is 1. The molecule has 2 atom stereocenters. The Morgan fingerprint density at radius 2 is 2.12 bits per heavy atom. The number of phenolic OH excluding ortho intramolecular Hbond substituents is 1. The number of ketones is 1. The van der Waals surface area contributed by atoms with E-state index in [4.69, 9.17) is 4.74 Å². The summed E-state index contributed by atoms with van der Waals surface area (Å²) in [5.41, 5.74) is -0.346. The Morgan fingerprint density at radius 3 is 2.65 bits per heavy atom. The third-order valence-electron chi connectivity index (χ3n) is 3.26. The molecule has 1 aliphatic heterocycles. The van der Waals surface area contributed by atoms with Gasteiger partial charge in [0, 0.05) is 0 Å². The van der Waals surface area contributed by atoms with E-state index in [-0.39, 0.29) is 17.6 Å². The maximum absolute atomic E-state index is 11.6. The van der Waals surface area contributed by atoms with Crippen molar-refractivity contribution >= 4 is 11.7 Å². The lowest BCUT2D eigenvalue weighted by Gasteiger charge is -2.20. The number of carbonyl (C=O) groups is 1. The van der Waals surface area contributed by atoms with Crippen LogP contribution in [0.3, 0.4) is 0 Å². The van der Waals surface area contributed by atoms with Gasteiger partial charge in [0.25, 0.3) is 0 Å². The first kappa shape index (κ1) is 11.6. The van der Waals surface area contributed by atoms with Gasteiger partial charge in [-0.3, -0.25) is 4.79 Å². The lowest BCUT2D eigenvalue weighted by molar-refractivity contribution is -0.123. The lowest BCUT2D eigenvalue weighted by Crippen LogP contribution is -2.39. The van der Waals surface area contributed by atoms with Crippen molar-refractivity contribution < 1.29 is 14.6 Å². The second-order valence-corrected chi connectivity index (χ2v) is 4.40. The van der Waals surface area contributed by atoms with E-state index in [0.29, 0.717) is 11.5 Å². The number of para-hydroxylation sites is 1. The van der Waals surface area contributed by atoms with Gasteiger partial charge in [0.15, 0.2) is 11.3 Å². The number of nitrogens with zero attached hydrogens (tertiary/aromatic N) is 1. The zero-order chi connectivity index (χ0) is 12.6. The van der Waals surface area contributed by atoms with Gasteiger partial charge in [-0.05, 0) is 32.9 Å². The summed E-state index contributed by atoms with van der Waals surface area (Å²) < 4.78 is 5.57. The summed E-state index contributed by atoms with van der Waals surface area (Å²) in [4.78, 5) is 15.9. The van der Waals surface area contributed by atoms with Gasteiger partial charge in [0.05, 0.1) is 5.56 Å². The summed E-state index contributed by atoms with van der Waals surface area (Å²) in [7, 11) is 0. The van der Waals surface area contributed by atoms with E-state index in [9.17, 15) is 9.90 Å². The van der Waals surface area contributed by atoms with Crippen LogP contribution in [-0.4, -0.2) is 28.4 Å². The summed E-state index contributed by atoms with van der Waals surface area (Å²) in [5, 5.41) is 9.72. The molecule has 4 nitrogen and oxygen atoms in total. The van der Waals surface area contributed by atoms with Gasteiger partial charge in [-0.25, -0.2) is 4.99 Å². The molecule has 1 N–H and O–H groups in total. The second-order valence-electron chi connectivity index (χ2n) is 4.40. The number of hydrogen-bond acceptors (Lipinski definition) is 4. The number of aliphatic imine (C=N–C) groups is 1.